The summed E-state index contributed by atoms with van der Waals surface area (Å²) in [7, 11) is 0. The second kappa shape index (κ2) is 10.8. The van der Waals surface area contributed by atoms with E-state index in [0.717, 1.165) is 22.3 Å². The molecule has 5 heteroatoms. The Balaban J connectivity index is 2.13. The number of hydrogen-bond acceptors (Lipinski definition) is 3. The van der Waals surface area contributed by atoms with Crippen LogP contribution in [0.2, 0.25) is 0 Å². The van der Waals surface area contributed by atoms with E-state index in [1.807, 2.05) is 71.0 Å². The maximum Gasteiger partial charge on any atom is 0.261 e. The summed E-state index contributed by atoms with van der Waals surface area (Å²) >= 11 is 0. The number of rotatable bonds is 9. The van der Waals surface area contributed by atoms with Crippen molar-refractivity contribution in [3.05, 3.63) is 64.7 Å². The van der Waals surface area contributed by atoms with Crippen molar-refractivity contribution in [3.63, 3.8) is 0 Å². The normalized spacial score (nSPS) is 11.8. The molecule has 2 aromatic carbocycles. The number of amides is 2. The summed E-state index contributed by atoms with van der Waals surface area (Å²) in [5.74, 6) is 0.355. The number of nitrogens with zero attached hydrogens (tertiary/aromatic N) is 1. The third kappa shape index (κ3) is 6.61. The van der Waals surface area contributed by atoms with Crippen LogP contribution in [0.15, 0.2) is 42.5 Å². The summed E-state index contributed by atoms with van der Waals surface area (Å²) in [6.45, 7) is 12.0. The van der Waals surface area contributed by atoms with Crippen LogP contribution in [0.5, 0.6) is 5.75 Å². The number of carbonyl (C=O) groups excluding carboxylic acids is 2. The van der Waals surface area contributed by atoms with E-state index in [9.17, 15) is 9.59 Å². The Morgan fingerprint density at radius 1 is 1.03 bits per heavy atom. The number of aryl methyl sites for hydroxylation is 2. The van der Waals surface area contributed by atoms with E-state index in [-0.39, 0.29) is 24.5 Å². The molecular formula is C25H34N2O3. The number of carbonyl (C=O) groups is 2. The molecule has 0 aliphatic carbocycles. The van der Waals surface area contributed by atoms with Gasteiger partial charge < -0.3 is 15.0 Å². The van der Waals surface area contributed by atoms with Crippen molar-refractivity contribution in [2.75, 3.05) is 13.2 Å². The molecule has 0 saturated carbocycles. The Kier molecular flexibility index (Phi) is 8.46. The lowest BCUT2D eigenvalue weighted by Crippen LogP contribution is -2.51. The van der Waals surface area contributed by atoms with E-state index in [1.165, 1.54) is 0 Å². The molecule has 0 aliphatic heterocycles. The molecule has 1 N–H and O–H groups in total. The first-order valence-electron chi connectivity index (χ1n) is 10.5. The molecule has 0 unspecified atom stereocenters. The van der Waals surface area contributed by atoms with Crippen LogP contribution < -0.4 is 10.1 Å². The summed E-state index contributed by atoms with van der Waals surface area (Å²) in [6, 6.07) is 13.4. The van der Waals surface area contributed by atoms with E-state index in [4.69, 9.17) is 4.74 Å². The minimum absolute atomic E-state index is 0.0141. The third-order valence-corrected chi connectivity index (χ3v) is 5.20. The van der Waals surface area contributed by atoms with Gasteiger partial charge in [0.15, 0.2) is 6.61 Å². The van der Waals surface area contributed by atoms with E-state index < -0.39 is 6.04 Å². The predicted octanol–water partition coefficient (Wildman–Crippen LogP) is 3.98. The van der Waals surface area contributed by atoms with Crippen LogP contribution in [0, 0.1) is 20.8 Å². The lowest BCUT2D eigenvalue weighted by Gasteiger charge is -2.29. The Morgan fingerprint density at radius 3 is 2.33 bits per heavy atom. The predicted molar refractivity (Wildman–Crippen MR) is 121 cm³/mol. The smallest absolute Gasteiger partial charge is 0.261 e. The summed E-state index contributed by atoms with van der Waals surface area (Å²) < 4.78 is 5.88. The molecule has 0 saturated heterocycles. The summed E-state index contributed by atoms with van der Waals surface area (Å²) in [5, 5.41) is 2.90. The zero-order valence-corrected chi connectivity index (χ0v) is 19.0. The molecule has 162 valence electrons. The lowest BCUT2D eigenvalue weighted by atomic mass is 10.1. The first-order valence-corrected chi connectivity index (χ1v) is 10.5. The van der Waals surface area contributed by atoms with E-state index in [0.29, 0.717) is 18.7 Å². The van der Waals surface area contributed by atoms with Gasteiger partial charge in [0.05, 0.1) is 0 Å². The standard InChI is InChI=1S/C25H34N2O3/c1-17(2)26-25(29)21(6)27(13-12-22-10-8-7-9-11-22)24(28)16-30-23-15-18(3)14-19(4)20(23)5/h7-11,14-15,17,21H,12-13,16H2,1-6H3,(H,26,29)/t21-/m1/s1. The zero-order valence-electron chi connectivity index (χ0n) is 19.0. The van der Waals surface area contributed by atoms with Gasteiger partial charge in [0.25, 0.3) is 5.91 Å². The first-order chi connectivity index (χ1) is 14.2. The van der Waals surface area contributed by atoms with Crippen LogP contribution in [0.25, 0.3) is 0 Å². The summed E-state index contributed by atoms with van der Waals surface area (Å²) in [4.78, 5) is 27.3. The van der Waals surface area contributed by atoms with E-state index >= 15 is 0 Å². The molecule has 0 aliphatic rings. The highest BCUT2D eigenvalue weighted by Crippen LogP contribution is 2.23. The summed E-state index contributed by atoms with van der Waals surface area (Å²) in [5.41, 5.74) is 4.36. The molecule has 2 rings (SSSR count). The van der Waals surface area contributed by atoms with E-state index in [2.05, 4.69) is 11.4 Å². The molecule has 0 aromatic heterocycles. The van der Waals surface area contributed by atoms with Gasteiger partial charge in [-0.2, -0.15) is 0 Å². The van der Waals surface area contributed by atoms with Gasteiger partial charge >= 0.3 is 0 Å². The van der Waals surface area contributed by atoms with Crippen LogP contribution in [-0.4, -0.2) is 41.9 Å². The van der Waals surface area contributed by atoms with Crippen LogP contribution in [0.4, 0.5) is 0 Å². The lowest BCUT2D eigenvalue weighted by molar-refractivity contribution is -0.141. The van der Waals surface area contributed by atoms with Crippen molar-refractivity contribution < 1.29 is 14.3 Å². The van der Waals surface area contributed by atoms with Gasteiger partial charge in [0.1, 0.15) is 11.8 Å². The Hall–Kier alpha value is -2.82. The van der Waals surface area contributed by atoms with Crippen LogP contribution in [-0.2, 0) is 16.0 Å². The van der Waals surface area contributed by atoms with Crippen LogP contribution >= 0.6 is 0 Å². The van der Waals surface area contributed by atoms with Gasteiger partial charge in [0, 0.05) is 12.6 Å². The summed E-state index contributed by atoms with van der Waals surface area (Å²) in [6.07, 6.45) is 0.675. The number of benzene rings is 2. The highest BCUT2D eigenvalue weighted by Gasteiger charge is 2.26. The van der Waals surface area contributed by atoms with E-state index in [1.54, 1.807) is 11.8 Å². The largest absolute Gasteiger partial charge is 0.483 e. The van der Waals surface area contributed by atoms with Gasteiger partial charge in [0.2, 0.25) is 5.91 Å². The average Bonchev–Trinajstić information content (AvgIpc) is 2.69. The van der Waals surface area contributed by atoms with Crippen molar-refractivity contribution in [2.24, 2.45) is 0 Å². The zero-order chi connectivity index (χ0) is 22.3. The SMILES string of the molecule is Cc1cc(C)c(C)c(OCC(=O)N(CCc2ccccc2)[C@H](C)C(=O)NC(C)C)c1. The number of ether oxygens (including phenoxy) is 1. The number of nitrogens with one attached hydrogen (secondary N) is 1. The molecule has 0 spiro atoms. The monoisotopic (exact) mass is 410 g/mol. The molecule has 2 aromatic rings. The maximum atomic E-state index is 13.1. The Morgan fingerprint density at radius 2 is 1.70 bits per heavy atom. The minimum Gasteiger partial charge on any atom is -0.483 e. The molecule has 0 heterocycles. The van der Waals surface area contributed by atoms with Crippen molar-refractivity contribution in [3.8, 4) is 5.75 Å². The fourth-order valence-electron chi connectivity index (χ4n) is 3.35. The van der Waals surface area contributed by atoms with Gasteiger partial charge in [-0.15, -0.1) is 0 Å². The molecule has 0 fully saturated rings. The van der Waals surface area contributed by atoms with Gasteiger partial charge in [-0.1, -0.05) is 36.4 Å². The first kappa shape index (κ1) is 23.5. The average molecular weight is 411 g/mol. The maximum absolute atomic E-state index is 13.1. The molecule has 5 nitrogen and oxygen atoms in total. The molecule has 30 heavy (non-hydrogen) atoms. The van der Waals surface area contributed by atoms with Gasteiger partial charge in [-0.05, 0) is 76.3 Å². The van der Waals surface area contributed by atoms with Gasteiger partial charge in [-0.25, -0.2) is 0 Å². The quantitative estimate of drug-likeness (QED) is 0.680. The Labute approximate surface area is 180 Å². The highest BCUT2D eigenvalue weighted by atomic mass is 16.5. The fraction of sp³-hybridized carbons (Fsp3) is 0.440. The second-order valence-corrected chi connectivity index (χ2v) is 8.16. The molecular weight excluding hydrogens is 376 g/mol. The number of hydrogen-bond donors (Lipinski definition) is 1. The minimum atomic E-state index is -0.576. The van der Waals surface area contributed by atoms with Crippen LogP contribution in [0.3, 0.4) is 0 Å². The molecule has 0 bridgehead atoms. The third-order valence-electron chi connectivity index (χ3n) is 5.20. The van der Waals surface area contributed by atoms with Crippen molar-refractivity contribution >= 4 is 11.8 Å². The second-order valence-electron chi connectivity index (χ2n) is 8.16. The molecule has 1 atom stereocenters. The topological polar surface area (TPSA) is 58.6 Å². The van der Waals surface area contributed by atoms with Crippen molar-refractivity contribution in [1.29, 1.82) is 0 Å². The molecule has 2 amide bonds. The van der Waals surface area contributed by atoms with Crippen LogP contribution in [0.1, 0.15) is 43.0 Å². The Bertz CT molecular complexity index is 862. The van der Waals surface area contributed by atoms with Gasteiger partial charge in [-0.3, -0.25) is 9.59 Å². The van der Waals surface area contributed by atoms with Crippen molar-refractivity contribution in [2.45, 2.75) is 60.0 Å². The molecule has 0 radical (unpaired) electrons. The van der Waals surface area contributed by atoms with Crippen molar-refractivity contribution in [1.82, 2.24) is 10.2 Å². The fourth-order valence-corrected chi connectivity index (χ4v) is 3.35. The highest BCUT2D eigenvalue weighted by molar-refractivity contribution is 5.88.